The second-order valence-electron chi connectivity index (χ2n) is 6.90. The molecule has 0 saturated carbocycles. The molecule has 1 aromatic heterocycles. The van der Waals surface area contributed by atoms with Gasteiger partial charge in [0.05, 0.1) is 12.8 Å². The molecule has 0 atom stereocenters. The van der Waals surface area contributed by atoms with Gasteiger partial charge in [0.15, 0.2) is 0 Å². The molecule has 0 amide bonds. The molecule has 2 aromatic carbocycles. The van der Waals surface area contributed by atoms with Crippen LogP contribution in [0.4, 0.5) is 11.5 Å². The fraction of sp³-hybridized carbons (Fsp3) is 0.273. The molecule has 0 saturated heterocycles. The standard InChI is InChI=1S/C22H24N4O/c1-16-12-18(8-9-21(16)27-2)25-22-19-14-26(11-10-20(19)23-15-24-22)13-17-6-4-3-5-7-17/h3-9,12,15H,10-11,13-14H2,1-2H3,(H,23,24,25). The van der Waals surface area contributed by atoms with Crippen LogP contribution in [0.5, 0.6) is 5.75 Å². The summed E-state index contributed by atoms with van der Waals surface area (Å²) >= 11 is 0. The Hall–Kier alpha value is -2.92. The maximum atomic E-state index is 5.35. The van der Waals surface area contributed by atoms with Crippen molar-refractivity contribution in [2.75, 3.05) is 19.0 Å². The number of rotatable bonds is 5. The molecule has 27 heavy (non-hydrogen) atoms. The number of methoxy groups -OCH3 is 1. The number of nitrogens with one attached hydrogen (secondary N) is 1. The Bertz CT molecular complexity index is 927. The van der Waals surface area contributed by atoms with Crippen LogP contribution in [-0.2, 0) is 19.5 Å². The summed E-state index contributed by atoms with van der Waals surface area (Å²) < 4.78 is 5.35. The van der Waals surface area contributed by atoms with E-state index >= 15 is 0 Å². The number of fused-ring (bicyclic) bond motifs is 1. The van der Waals surface area contributed by atoms with E-state index < -0.39 is 0 Å². The summed E-state index contributed by atoms with van der Waals surface area (Å²) in [5.41, 5.74) is 5.76. The van der Waals surface area contributed by atoms with Crippen molar-refractivity contribution in [3.05, 3.63) is 77.2 Å². The number of nitrogens with zero attached hydrogens (tertiary/aromatic N) is 3. The fourth-order valence-corrected chi connectivity index (χ4v) is 3.57. The first kappa shape index (κ1) is 17.5. The van der Waals surface area contributed by atoms with Gasteiger partial charge in [0.1, 0.15) is 17.9 Å². The molecular formula is C22H24N4O. The molecule has 0 unspecified atom stereocenters. The van der Waals surface area contributed by atoms with E-state index in [1.165, 1.54) is 11.1 Å². The molecule has 1 aliphatic heterocycles. The molecule has 1 aliphatic rings. The Labute approximate surface area is 160 Å². The zero-order valence-corrected chi connectivity index (χ0v) is 15.8. The van der Waals surface area contributed by atoms with Crippen LogP contribution in [0.3, 0.4) is 0 Å². The lowest BCUT2D eigenvalue weighted by Gasteiger charge is -2.29. The van der Waals surface area contributed by atoms with E-state index in [4.69, 9.17) is 4.74 Å². The Morgan fingerprint density at radius 2 is 1.96 bits per heavy atom. The van der Waals surface area contributed by atoms with E-state index in [0.717, 1.165) is 54.6 Å². The lowest BCUT2D eigenvalue weighted by atomic mass is 10.0. The molecule has 5 nitrogen and oxygen atoms in total. The van der Waals surface area contributed by atoms with Gasteiger partial charge >= 0.3 is 0 Å². The monoisotopic (exact) mass is 360 g/mol. The van der Waals surface area contributed by atoms with Crippen LogP contribution in [0.1, 0.15) is 22.4 Å². The number of anilines is 2. The number of aryl methyl sites for hydroxylation is 1. The number of benzene rings is 2. The van der Waals surface area contributed by atoms with Gasteiger partial charge in [-0.1, -0.05) is 30.3 Å². The first-order valence-electron chi connectivity index (χ1n) is 9.23. The molecule has 138 valence electrons. The summed E-state index contributed by atoms with van der Waals surface area (Å²) in [4.78, 5) is 11.5. The Balaban J connectivity index is 1.55. The van der Waals surface area contributed by atoms with E-state index in [2.05, 4.69) is 56.6 Å². The van der Waals surface area contributed by atoms with Crippen LogP contribution < -0.4 is 10.1 Å². The van der Waals surface area contributed by atoms with Crippen LogP contribution in [0.2, 0.25) is 0 Å². The lowest BCUT2D eigenvalue weighted by Crippen LogP contribution is -2.31. The number of hydrogen-bond donors (Lipinski definition) is 1. The predicted octanol–water partition coefficient (Wildman–Crippen LogP) is 4.10. The first-order chi connectivity index (χ1) is 13.2. The highest BCUT2D eigenvalue weighted by molar-refractivity contribution is 5.62. The summed E-state index contributed by atoms with van der Waals surface area (Å²) in [5, 5.41) is 3.48. The van der Waals surface area contributed by atoms with Gasteiger partial charge in [0.25, 0.3) is 0 Å². The summed E-state index contributed by atoms with van der Waals surface area (Å²) in [7, 11) is 1.69. The highest BCUT2D eigenvalue weighted by Crippen LogP contribution is 2.28. The van der Waals surface area contributed by atoms with Gasteiger partial charge in [-0.05, 0) is 36.2 Å². The minimum atomic E-state index is 0.850. The minimum absolute atomic E-state index is 0.850. The van der Waals surface area contributed by atoms with Crippen molar-refractivity contribution in [2.24, 2.45) is 0 Å². The molecule has 1 N–H and O–H groups in total. The number of aromatic nitrogens is 2. The third-order valence-corrected chi connectivity index (χ3v) is 4.99. The Kier molecular flexibility index (Phi) is 5.03. The van der Waals surface area contributed by atoms with Gasteiger partial charge in [-0.25, -0.2) is 9.97 Å². The number of ether oxygens (including phenoxy) is 1. The van der Waals surface area contributed by atoms with Gasteiger partial charge in [0.2, 0.25) is 0 Å². The summed E-state index contributed by atoms with van der Waals surface area (Å²) in [6.45, 7) is 4.85. The molecule has 0 spiro atoms. The largest absolute Gasteiger partial charge is 0.496 e. The SMILES string of the molecule is COc1ccc(Nc2ncnc3c2CN(Cc2ccccc2)CC3)cc1C. The Morgan fingerprint density at radius 1 is 1.11 bits per heavy atom. The zero-order valence-electron chi connectivity index (χ0n) is 15.8. The van der Waals surface area contributed by atoms with Gasteiger partial charge in [-0.3, -0.25) is 4.90 Å². The maximum absolute atomic E-state index is 5.35. The summed E-state index contributed by atoms with van der Waals surface area (Å²) in [6.07, 6.45) is 2.60. The highest BCUT2D eigenvalue weighted by atomic mass is 16.5. The second kappa shape index (κ2) is 7.76. The van der Waals surface area contributed by atoms with Crippen molar-refractivity contribution in [2.45, 2.75) is 26.4 Å². The third kappa shape index (κ3) is 3.93. The minimum Gasteiger partial charge on any atom is -0.496 e. The van der Waals surface area contributed by atoms with E-state index in [1.807, 2.05) is 19.1 Å². The van der Waals surface area contributed by atoms with Gasteiger partial charge in [0, 0.05) is 37.3 Å². The van der Waals surface area contributed by atoms with Crippen molar-refractivity contribution >= 4 is 11.5 Å². The summed E-state index contributed by atoms with van der Waals surface area (Å²) in [5.74, 6) is 1.78. The van der Waals surface area contributed by atoms with Gasteiger partial charge in [-0.15, -0.1) is 0 Å². The smallest absolute Gasteiger partial charge is 0.138 e. The third-order valence-electron chi connectivity index (χ3n) is 4.99. The molecule has 2 heterocycles. The topological polar surface area (TPSA) is 50.3 Å². The quantitative estimate of drug-likeness (QED) is 0.742. The molecular weight excluding hydrogens is 336 g/mol. The van der Waals surface area contributed by atoms with Gasteiger partial charge in [-0.2, -0.15) is 0 Å². The van der Waals surface area contributed by atoms with Crippen molar-refractivity contribution in [1.29, 1.82) is 0 Å². The zero-order chi connectivity index (χ0) is 18.6. The summed E-state index contributed by atoms with van der Waals surface area (Å²) in [6, 6.07) is 16.7. The van der Waals surface area contributed by atoms with E-state index in [-0.39, 0.29) is 0 Å². The Morgan fingerprint density at radius 3 is 2.74 bits per heavy atom. The highest BCUT2D eigenvalue weighted by Gasteiger charge is 2.21. The molecule has 4 rings (SSSR count). The normalized spacial score (nSPS) is 13.9. The van der Waals surface area contributed by atoms with Crippen LogP contribution in [0.15, 0.2) is 54.9 Å². The van der Waals surface area contributed by atoms with Crippen LogP contribution in [0, 0.1) is 6.92 Å². The molecule has 5 heteroatoms. The van der Waals surface area contributed by atoms with Crippen molar-refractivity contribution in [3.8, 4) is 5.75 Å². The average Bonchev–Trinajstić information content (AvgIpc) is 2.69. The van der Waals surface area contributed by atoms with Crippen LogP contribution >= 0.6 is 0 Å². The van der Waals surface area contributed by atoms with Crippen molar-refractivity contribution < 1.29 is 4.74 Å². The maximum Gasteiger partial charge on any atom is 0.138 e. The molecule has 0 fully saturated rings. The van der Waals surface area contributed by atoms with Crippen LogP contribution in [-0.4, -0.2) is 28.5 Å². The van der Waals surface area contributed by atoms with Crippen molar-refractivity contribution in [1.82, 2.24) is 14.9 Å². The average molecular weight is 360 g/mol. The molecule has 3 aromatic rings. The fourth-order valence-electron chi connectivity index (χ4n) is 3.57. The van der Waals surface area contributed by atoms with E-state index in [0.29, 0.717) is 0 Å². The van der Waals surface area contributed by atoms with E-state index in [9.17, 15) is 0 Å². The molecule has 0 radical (unpaired) electrons. The van der Waals surface area contributed by atoms with Gasteiger partial charge < -0.3 is 10.1 Å². The lowest BCUT2D eigenvalue weighted by molar-refractivity contribution is 0.243. The first-order valence-corrected chi connectivity index (χ1v) is 9.23. The second-order valence-corrected chi connectivity index (χ2v) is 6.90. The molecule has 0 aliphatic carbocycles. The molecule has 0 bridgehead atoms. The van der Waals surface area contributed by atoms with Crippen LogP contribution in [0.25, 0.3) is 0 Å². The van der Waals surface area contributed by atoms with Crippen molar-refractivity contribution in [3.63, 3.8) is 0 Å². The predicted molar refractivity (Wildman–Crippen MR) is 107 cm³/mol. The van der Waals surface area contributed by atoms with E-state index in [1.54, 1.807) is 13.4 Å². The number of hydrogen-bond acceptors (Lipinski definition) is 5.